The summed E-state index contributed by atoms with van der Waals surface area (Å²) in [6, 6.07) is 8.36. The van der Waals surface area contributed by atoms with Crippen molar-refractivity contribution in [3.8, 4) is 5.75 Å². The van der Waals surface area contributed by atoms with Crippen molar-refractivity contribution in [2.75, 3.05) is 0 Å². The van der Waals surface area contributed by atoms with Crippen LogP contribution in [0.1, 0.15) is 25.7 Å². The van der Waals surface area contributed by atoms with E-state index in [9.17, 15) is 0 Å². The Kier molecular flexibility index (Phi) is 3.14. The molecular weight excluding hydrogens is 267 g/mol. The van der Waals surface area contributed by atoms with Gasteiger partial charge in [0.15, 0.2) is 0 Å². The molecule has 1 fully saturated rings. The maximum absolute atomic E-state index is 5.93. The molecule has 0 atom stereocenters. The van der Waals surface area contributed by atoms with Gasteiger partial charge in [-0.25, -0.2) is 0 Å². The third-order valence-corrected chi connectivity index (χ3v) is 3.66. The summed E-state index contributed by atoms with van der Waals surface area (Å²) >= 11 is 1.44. The van der Waals surface area contributed by atoms with E-state index < -0.39 is 0 Å². The minimum atomic E-state index is 0.488. The molecule has 2 heteroatoms. The summed E-state index contributed by atoms with van der Waals surface area (Å²) in [7, 11) is 0. The van der Waals surface area contributed by atoms with Gasteiger partial charge in [0.1, 0.15) is 0 Å². The quantitative estimate of drug-likeness (QED) is 0.751. The molecular formula is C11H13OSn. The van der Waals surface area contributed by atoms with Crippen LogP contribution in [-0.4, -0.2) is 28.6 Å². The van der Waals surface area contributed by atoms with Crippen LogP contribution in [0.15, 0.2) is 24.3 Å². The van der Waals surface area contributed by atoms with Crippen LogP contribution in [0.25, 0.3) is 0 Å². The van der Waals surface area contributed by atoms with E-state index in [1.54, 1.807) is 0 Å². The molecule has 1 aromatic rings. The second-order valence-electron chi connectivity index (χ2n) is 3.52. The molecule has 0 N–H and O–H groups in total. The number of hydrogen-bond donors (Lipinski definition) is 0. The van der Waals surface area contributed by atoms with Gasteiger partial charge < -0.3 is 0 Å². The van der Waals surface area contributed by atoms with Crippen LogP contribution >= 0.6 is 0 Å². The molecule has 0 saturated heterocycles. The predicted octanol–water partition coefficient (Wildman–Crippen LogP) is 1.80. The van der Waals surface area contributed by atoms with Crippen LogP contribution in [0.2, 0.25) is 0 Å². The zero-order valence-electron chi connectivity index (χ0n) is 7.62. The van der Waals surface area contributed by atoms with E-state index in [1.165, 1.54) is 51.8 Å². The van der Waals surface area contributed by atoms with Crippen molar-refractivity contribution in [2.45, 2.75) is 31.8 Å². The fourth-order valence-corrected chi connectivity index (χ4v) is 2.44. The molecule has 1 aliphatic carbocycles. The summed E-state index contributed by atoms with van der Waals surface area (Å²) in [4.78, 5) is 0. The molecule has 13 heavy (non-hydrogen) atoms. The topological polar surface area (TPSA) is 9.23 Å². The van der Waals surface area contributed by atoms with Gasteiger partial charge in [0.25, 0.3) is 0 Å². The molecule has 0 aliphatic heterocycles. The van der Waals surface area contributed by atoms with Gasteiger partial charge in [0.05, 0.1) is 0 Å². The Balaban J connectivity index is 2.04. The van der Waals surface area contributed by atoms with E-state index in [2.05, 4.69) is 24.3 Å². The summed E-state index contributed by atoms with van der Waals surface area (Å²) in [5.74, 6) is 1.10. The molecule has 0 bridgehead atoms. The Morgan fingerprint density at radius 3 is 2.54 bits per heavy atom. The third kappa shape index (κ3) is 2.39. The zero-order valence-corrected chi connectivity index (χ0v) is 10.5. The molecule has 0 spiro atoms. The average molecular weight is 280 g/mol. The molecule has 1 saturated carbocycles. The van der Waals surface area contributed by atoms with Crippen LogP contribution < -0.4 is 8.32 Å². The normalized spacial score (nSPS) is 17.6. The van der Waals surface area contributed by atoms with Crippen molar-refractivity contribution < 1.29 is 4.74 Å². The molecule has 1 aliphatic rings. The Bertz CT molecular complexity index is 279. The van der Waals surface area contributed by atoms with E-state index in [1.807, 2.05) is 0 Å². The summed E-state index contributed by atoms with van der Waals surface area (Å²) in [6.07, 6.45) is 5.64. The number of rotatable bonds is 2. The summed E-state index contributed by atoms with van der Waals surface area (Å²) in [5, 5.41) is 0. The number of para-hydroxylation sites is 1. The van der Waals surface area contributed by atoms with Gasteiger partial charge in [-0.15, -0.1) is 0 Å². The van der Waals surface area contributed by atoms with E-state index >= 15 is 0 Å². The second kappa shape index (κ2) is 4.36. The average Bonchev–Trinajstić information content (AvgIpc) is 2.61. The van der Waals surface area contributed by atoms with Gasteiger partial charge in [0.2, 0.25) is 0 Å². The zero-order chi connectivity index (χ0) is 9.10. The molecule has 0 amide bonds. The number of benzene rings is 1. The van der Waals surface area contributed by atoms with Gasteiger partial charge >= 0.3 is 92.6 Å². The van der Waals surface area contributed by atoms with Gasteiger partial charge in [-0.1, -0.05) is 0 Å². The molecule has 3 radical (unpaired) electrons. The monoisotopic (exact) mass is 281 g/mol. The van der Waals surface area contributed by atoms with Gasteiger partial charge in [0, 0.05) is 0 Å². The Labute approximate surface area is 92.6 Å². The van der Waals surface area contributed by atoms with E-state index in [0.717, 1.165) is 5.75 Å². The standard InChI is InChI=1S/C11H13O.Sn/c1-2-6-10(7-3-1)12-11-8-4-5-9-11;/h1-3,6,11H,4-5,8-9H2;. The first-order valence-electron chi connectivity index (χ1n) is 4.83. The predicted molar refractivity (Wildman–Crippen MR) is 54.7 cm³/mol. The fourth-order valence-electron chi connectivity index (χ4n) is 1.76. The van der Waals surface area contributed by atoms with Crippen LogP contribution in [0.3, 0.4) is 0 Å². The second-order valence-corrected chi connectivity index (χ2v) is 5.06. The number of hydrogen-bond acceptors (Lipinski definition) is 1. The Hall–Kier alpha value is -0.181. The third-order valence-electron chi connectivity index (χ3n) is 2.48. The fraction of sp³-hybridized carbons (Fsp3) is 0.455. The van der Waals surface area contributed by atoms with E-state index in [4.69, 9.17) is 4.74 Å². The van der Waals surface area contributed by atoms with Crippen molar-refractivity contribution in [3.63, 3.8) is 0 Å². The van der Waals surface area contributed by atoms with Crippen molar-refractivity contribution in [1.29, 1.82) is 0 Å². The van der Waals surface area contributed by atoms with Crippen molar-refractivity contribution in [2.24, 2.45) is 0 Å². The van der Waals surface area contributed by atoms with Crippen LogP contribution in [-0.2, 0) is 0 Å². The minimum absolute atomic E-state index is 0.488. The maximum atomic E-state index is 5.93. The summed E-state index contributed by atoms with van der Waals surface area (Å²) in [6.45, 7) is 0. The van der Waals surface area contributed by atoms with E-state index in [-0.39, 0.29) is 0 Å². The summed E-state index contributed by atoms with van der Waals surface area (Å²) < 4.78 is 7.26. The first-order chi connectivity index (χ1) is 6.36. The first-order valence-corrected chi connectivity index (χ1v) is 6.26. The SMILES string of the molecule is [Sn][c]1ccccc1OC1CCCC1. The van der Waals surface area contributed by atoms with Crippen LogP contribution in [0.5, 0.6) is 5.75 Å². The van der Waals surface area contributed by atoms with Crippen LogP contribution in [0, 0.1) is 0 Å². The number of ether oxygens (including phenoxy) is 1. The van der Waals surface area contributed by atoms with Gasteiger partial charge in [-0.2, -0.15) is 0 Å². The molecule has 0 heterocycles. The van der Waals surface area contributed by atoms with Crippen molar-refractivity contribution in [3.05, 3.63) is 24.3 Å². The van der Waals surface area contributed by atoms with Gasteiger partial charge in [-0.3, -0.25) is 0 Å². The van der Waals surface area contributed by atoms with Crippen molar-refractivity contribution >= 4 is 26.1 Å². The molecule has 67 valence electrons. The molecule has 1 nitrogen and oxygen atoms in total. The molecule has 1 aromatic carbocycles. The van der Waals surface area contributed by atoms with Crippen LogP contribution in [0.4, 0.5) is 0 Å². The summed E-state index contributed by atoms with van der Waals surface area (Å²) in [5.41, 5.74) is 0. The Morgan fingerprint density at radius 1 is 1.15 bits per heavy atom. The Morgan fingerprint density at radius 2 is 1.85 bits per heavy atom. The van der Waals surface area contributed by atoms with E-state index in [0.29, 0.717) is 6.10 Å². The molecule has 2 rings (SSSR count). The van der Waals surface area contributed by atoms with Crippen molar-refractivity contribution in [1.82, 2.24) is 0 Å². The molecule has 0 aromatic heterocycles. The van der Waals surface area contributed by atoms with Gasteiger partial charge in [-0.05, 0) is 0 Å². The molecule has 0 unspecified atom stereocenters. The first kappa shape index (κ1) is 9.38.